The van der Waals surface area contributed by atoms with Crippen molar-refractivity contribution in [3.63, 3.8) is 0 Å². The minimum atomic E-state index is 0.842. The first-order chi connectivity index (χ1) is 16.2. The van der Waals surface area contributed by atoms with Crippen molar-refractivity contribution in [2.45, 2.75) is 39.2 Å². The number of aromatic nitrogens is 1. The Kier molecular flexibility index (Phi) is 7.37. The Hall–Kier alpha value is -3.64. The standard InChI is InChI=1S/C30H31NO2/c1-4-5-6-7-20-31-29-21-24(9-8-23-11-16-27(32-2)17-12-23)10-13-26(29)22-30(31)25-14-18-28(33-3)19-15-25/h10-19,21-22H,4-7,20H2,1-3H3. The third-order valence-corrected chi connectivity index (χ3v) is 5.97. The molecule has 0 aliphatic rings. The largest absolute Gasteiger partial charge is 0.497 e. The second-order valence-electron chi connectivity index (χ2n) is 8.22. The average molecular weight is 438 g/mol. The lowest BCUT2D eigenvalue weighted by Gasteiger charge is -2.12. The SMILES string of the molecule is CCCCCCn1c(-c2ccc(OC)cc2)cc2ccc(C#Cc3ccc(OC)cc3)cc21. The Morgan fingerprint density at radius 1 is 0.697 bits per heavy atom. The van der Waals surface area contributed by atoms with E-state index in [4.69, 9.17) is 9.47 Å². The highest BCUT2D eigenvalue weighted by molar-refractivity contribution is 5.88. The van der Waals surface area contributed by atoms with Gasteiger partial charge in [0.25, 0.3) is 0 Å². The van der Waals surface area contributed by atoms with Crippen molar-refractivity contribution >= 4 is 10.9 Å². The van der Waals surface area contributed by atoms with E-state index in [9.17, 15) is 0 Å². The summed E-state index contributed by atoms with van der Waals surface area (Å²) in [6.07, 6.45) is 4.93. The minimum Gasteiger partial charge on any atom is -0.497 e. The highest BCUT2D eigenvalue weighted by atomic mass is 16.5. The zero-order valence-corrected chi connectivity index (χ0v) is 19.7. The van der Waals surface area contributed by atoms with Gasteiger partial charge in [0.2, 0.25) is 0 Å². The van der Waals surface area contributed by atoms with Crippen molar-refractivity contribution in [1.82, 2.24) is 4.57 Å². The Labute approximate surface area is 197 Å². The van der Waals surface area contributed by atoms with Crippen LogP contribution in [0, 0.1) is 11.8 Å². The van der Waals surface area contributed by atoms with E-state index in [-0.39, 0.29) is 0 Å². The van der Waals surface area contributed by atoms with Gasteiger partial charge in [-0.2, -0.15) is 0 Å². The van der Waals surface area contributed by atoms with Crippen LogP contribution in [-0.4, -0.2) is 18.8 Å². The zero-order chi connectivity index (χ0) is 23.0. The molecule has 1 heterocycles. The number of unbranched alkanes of at least 4 members (excludes halogenated alkanes) is 3. The van der Waals surface area contributed by atoms with Crippen LogP contribution in [0.3, 0.4) is 0 Å². The van der Waals surface area contributed by atoms with Crippen molar-refractivity contribution in [3.05, 3.63) is 83.9 Å². The van der Waals surface area contributed by atoms with Gasteiger partial charge >= 0.3 is 0 Å². The van der Waals surface area contributed by atoms with Crippen LogP contribution in [0.4, 0.5) is 0 Å². The Morgan fingerprint density at radius 3 is 2.00 bits per heavy atom. The van der Waals surface area contributed by atoms with Crippen molar-refractivity contribution < 1.29 is 9.47 Å². The summed E-state index contributed by atoms with van der Waals surface area (Å²) in [5, 5.41) is 1.24. The number of benzene rings is 3. The molecule has 0 aliphatic carbocycles. The molecule has 0 bridgehead atoms. The number of rotatable bonds is 8. The van der Waals surface area contributed by atoms with Crippen molar-refractivity contribution in [3.8, 4) is 34.6 Å². The fourth-order valence-corrected chi connectivity index (χ4v) is 4.09. The predicted octanol–water partition coefficient (Wildman–Crippen LogP) is 7.31. The topological polar surface area (TPSA) is 23.4 Å². The lowest BCUT2D eigenvalue weighted by molar-refractivity contribution is 0.414. The lowest BCUT2D eigenvalue weighted by atomic mass is 10.1. The predicted molar refractivity (Wildman–Crippen MR) is 137 cm³/mol. The molecule has 1 aromatic heterocycles. The monoisotopic (exact) mass is 437 g/mol. The smallest absolute Gasteiger partial charge is 0.118 e. The second kappa shape index (κ2) is 10.8. The molecule has 0 atom stereocenters. The van der Waals surface area contributed by atoms with Crippen LogP contribution in [0.2, 0.25) is 0 Å². The van der Waals surface area contributed by atoms with E-state index in [2.05, 4.69) is 59.7 Å². The zero-order valence-electron chi connectivity index (χ0n) is 19.7. The van der Waals surface area contributed by atoms with Crippen LogP contribution in [0.1, 0.15) is 43.7 Å². The fraction of sp³-hybridized carbons (Fsp3) is 0.267. The number of fused-ring (bicyclic) bond motifs is 1. The molecule has 0 saturated heterocycles. The summed E-state index contributed by atoms with van der Waals surface area (Å²) in [5.74, 6) is 8.33. The summed E-state index contributed by atoms with van der Waals surface area (Å²) in [4.78, 5) is 0. The average Bonchev–Trinajstić information content (AvgIpc) is 3.23. The van der Waals surface area contributed by atoms with Crippen LogP contribution in [0.25, 0.3) is 22.2 Å². The van der Waals surface area contributed by atoms with Crippen LogP contribution < -0.4 is 9.47 Å². The Morgan fingerprint density at radius 2 is 1.33 bits per heavy atom. The molecule has 0 N–H and O–H groups in total. The van der Waals surface area contributed by atoms with Gasteiger partial charge < -0.3 is 14.0 Å². The molecule has 168 valence electrons. The third kappa shape index (κ3) is 5.41. The number of ether oxygens (including phenoxy) is 2. The molecule has 3 heteroatoms. The molecule has 0 aliphatic heterocycles. The van der Waals surface area contributed by atoms with E-state index >= 15 is 0 Å². The van der Waals surface area contributed by atoms with E-state index < -0.39 is 0 Å². The molecule has 4 rings (SSSR count). The Balaban J connectivity index is 1.69. The summed E-state index contributed by atoms with van der Waals surface area (Å²) < 4.78 is 13.0. The maximum absolute atomic E-state index is 5.35. The van der Waals surface area contributed by atoms with Gasteiger partial charge in [-0.25, -0.2) is 0 Å². The number of nitrogens with zero attached hydrogens (tertiary/aromatic N) is 1. The van der Waals surface area contributed by atoms with E-state index in [0.29, 0.717) is 0 Å². The lowest BCUT2D eigenvalue weighted by Crippen LogP contribution is -2.00. The molecular weight excluding hydrogens is 406 g/mol. The van der Waals surface area contributed by atoms with Gasteiger partial charge in [0.15, 0.2) is 0 Å². The van der Waals surface area contributed by atoms with Crippen LogP contribution in [0.5, 0.6) is 11.5 Å². The highest BCUT2D eigenvalue weighted by Gasteiger charge is 2.11. The minimum absolute atomic E-state index is 0.842. The summed E-state index contributed by atoms with van der Waals surface area (Å²) in [6, 6.07) is 25.0. The van der Waals surface area contributed by atoms with E-state index in [1.807, 2.05) is 36.4 Å². The van der Waals surface area contributed by atoms with Gasteiger partial charge in [0.05, 0.1) is 14.2 Å². The molecule has 0 unspecified atom stereocenters. The van der Waals surface area contributed by atoms with Crippen LogP contribution in [0.15, 0.2) is 72.8 Å². The highest BCUT2D eigenvalue weighted by Crippen LogP contribution is 2.30. The molecule has 0 fully saturated rings. The first kappa shape index (κ1) is 22.6. The summed E-state index contributed by atoms with van der Waals surface area (Å²) in [7, 11) is 3.38. The molecule has 0 amide bonds. The molecule has 0 radical (unpaired) electrons. The third-order valence-electron chi connectivity index (χ3n) is 5.97. The van der Waals surface area contributed by atoms with Crippen LogP contribution >= 0.6 is 0 Å². The summed E-state index contributed by atoms with van der Waals surface area (Å²) in [6.45, 7) is 3.25. The summed E-state index contributed by atoms with van der Waals surface area (Å²) in [5.41, 5.74) is 5.67. The molecule has 33 heavy (non-hydrogen) atoms. The quantitative estimate of drug-likeness (QED) is 0.213. The molecule has 0 saturated carbocycles. The van der Waals surface area contributed by atoms with E-state index in [1.165, 1.54) is 47.8 Å². The van der Waals surface area contributed by atoms with Crippen molar-refractivity contribution in [2.24, 2.45) is 0 Å². The Bertz CT molecular complexity index is 1260. The van der Waals surface area contributed by atoms with Gasteiger partial charge in [0, 0.05) is 34.3 Å². The van der Waals surface area contributed by atoms with Crippen LogP contribution in [-0.2, 0) is 6.54 Å². The molecule has 0 spiro atoms. The number of aryl methyl sites for hydroxylation is 1. The van der Waals surface area contributed by atoms with Crippen molar-refractivity contribution in [2.75, 3.05) is 14.2 Å². The normalized spacial score (nSPS) is 10.6. The van der Waals surface area contributed by atoms with Gasteiger partial charge in [-0.1, -0.05) is 44.1 Å². The number of hydrogen-bond acceptors (Lipinski definition) is 2. The van der Waals surface area contributed by atoms with E-state index in [1.54, 1.807) is 14.2 Å². The maximum Gasteiger partial charge on any atom is 0.118 e. The van der Waals surface area contributed by atoms with Gasteiger partial charge in [-0.15, -0.1) is 0 Å². The molecule has 3 aromatic carbocycles. The summed E-state index contributed by atoms with van der Waals surface area (Å²) >= 11 is 0. The fourth-order valence-electron chi connectivity index (χ4n) is 4.09. The van der Waals surface area contributed by atoms with Gasteiger partial charge in [-0.05, 0) is 78.7 Å². The first-order valence-electron chi connectivity index (χ1n) is 11.7. The van der Waals surface area contributed by atoms with Crippen molar-refractivity contribution in [1.29, 1.82) is 0 Å². The molecule has 4 aromatic rings. The van der Waals surface area contributed by atoms with E-state index in [0.717, 1.165) is 29.2 Å². The van der Waals surface area contributed by atoms with Gasteiger partial charge in [-0.3, -0.25) is 0 Å². The molecule has 3 nitrogen and oxygen atoms in total. The number of methoxy groups -OCH3 is 2. The first-order valence-corrected chi connectivity index (χ1v) is 11.7. The second-order valence-corrected chi connectivity index (χ2v) is 8.22. The van der Waals surface area contributed by atoms with Gasteiger partial charge in [0.1, 0.15) is 11.5 Å². The number of hydrogen-bond donors (Lipinski definition) is 0. The maximum atomic E-state index is 5.35. The molecular formula is C30H31NO2.